The summed E-state index contributed by atoms with van der Waals surface area (Å²) in [4.78, 5) is 24.9. The molecule has 2 aliphatic rings. The zero-order valence-corrected chi connectivity index (χ0v) is 18.5. The lowest BCUT2D eigenvalue weighted by Crippen LogP contribution is -2.63. The van der Waals surface area contributed by atoms with Crippen molar-refractivity contribution in [1.29, 1.82) is 0 Å². The number of carbonyl (C=O) groups excluding carboxylic acids is 2. The Hall–Kier alpha value is -1.78. The van der Waals surface area contributed by atoms with Crippen molar-refractivity contribution >= 4 is 11.9 Å². The maximum absolute atomic E-state index is 13.1. The molecule has 9 nitrogen and oxygen atoms in total. The minimum atomic E-state index is -2.31. The monoisotopic (exact) mass is 427 g/mol. The second-order valence-electron chi connectivity index (χ2n) is 8.57. The number of esters is 2. The predicted molar refractivity (Wildman–Crippen MR) is 108 cm³/mol. The molecule has 0 bridgehead atoms. The molecule has 0 amide bonds. The van der Waals surface area contributed by atoms with Crippen LogP contribution in [0.25, 0.3) is 0 Å². The fraction of sp³-hybridized carbons (Fsp3) is 0.714. The molecule has 9 heteroatoms. The van der Waals surface area contributed by atoms with Gasteiger partial charge in [0.1, 0.15) is 12.2 Å². The SMILES string of the molecule is C/C=C(/C)C(=O)O[C@H]1CC[N+]2([O-])CC=C(COC(=O)[C@@](O)([C@H](C)OC)C(C)(C)O)[C@H]12. The summed E-state index contributed by atoms with van der Waals surface area (Å²) in [7, 11) is 1.31. The van der Waals surface area contributed by atoms with Crippen LogP contribution in [0.2, 0.25) is 0 Å². The summed E-state index contributed by atoms with van der Waals surface area (Å²) in [6.45, 7) is 7.62. The minimum Gasteiger partial charge on any atom is -0.632 e. The third-order valence-corrected chi connectivity index (χ3v) is 6.26. The highest BCUT2D eigenvalue weighted by molar-refractivity contribution is 5.87. The zero-order chi connectivity index (χ0) is 22.9. The van der Waals surface area contributed by atoms with E-state index in [0.29, 0.717) is 24.1 Å². The number of nitrogens with zero attached hydrogens (tertiary/aromatic N) is 1. The summed E-state index contributed by atoms with van der Waals surface area (Å²) in [5.74, 6) is -1.54. The van der Waals surface area contributed by atoms with Gasteiger partial charge in [-0.05, 0) is 40.7 Å². The van der Waals surface area contributed by atoms with Crippen LogP contribution in [-0.2, 0) is 23.8 Å². The molecule has 2 N–H and O–H groups in total. The largest absolute Gasteiger partial charge is 0.632 e. The summed E-state index contributed by atoms with van der Waals surface area (Å²) in [5.41, 5.74) is -3.16. The Kier molecular flexibility index (Phi) is 7.15. The van der Waals surface area contributed by atoms with Crippen molar-refractivity contribution in [2.75, 3.05) is 26.8 Å². The molecule has 2 aliphatic heterocycles. The van der Waals surface area contributed by atoms with Gasteiger partial charge in [0.2, 0.25) is 5.60 Å². The van der Waals surface area contributed by atoms with Gasteiger partial charge in [-0.3, -0.25) is 0 Å². The van der Waals surface area contributed by atoms with Gasteiger partial charge < -0.3 is 34.3 Å². The van der Waals surface area contributed by atoms with Gasteiger partial charge >= 0.3 is 11.9 Å². The number of carbonyl (C=O) groups is 2. The predicted octanol–water partition coefficient (Wildman–Crippen LogP) is 0.971. The number of hydrogen-bond donors (Lipinski definition) is 2. The molecule has 2 heterocycles. The zero-order valence-electron chi connectivity index (χ0n) is 18.5. The second kappa shape index (κ2) is 8.76. The van der Waals surface area contributed by atoms with Crippen molar-refractivity contribution in [2.45, 2.75) is 70.5 Å². The molecule has 0 aromatic carbocycles. The molecule has 1 fully saturated rings. The van der Waals surface area contributed by atoms with E-state index in [1.165, 1.54) is 27.9 Å². The molecule has 1 saturated heterocycles. The fourth-order valence-corrected chi connectivity index (χ4v) is 4.04. The van der Waals surface area contributed by atoms with Gasteiger partial charge in [-0.2, -0.15) is 0 Å². The quantitative estimate of drug-likeness (QED) is 0.193. The van der Waals surface area contributed by atoms with Gasteiger partial charge in [-0.1, -0.05) is 6.08 Å². The highest BCUT2D eigenvalue weighted by Gasteiger charge is 2.56. The molecule has 1 unspecified atom stereocenters. The first kappa shape index (κ1) is 24.5. The Balaban J connectivity index is 2.14. The van der Waals surface area contributed by atoms with Gasteiger partial charge in [0.25, 0.3) is 0 Å². The molecule has 0 spiro atoms. The Morgan fingerprint density at radius 1 is 1.40 bits per heavy atom. The molecule has 0 aliphatic carbocycles. The summed E-state index contributed by atoms with van der Waals surface area (Å²) in [5, 5.41) is 34.3. The lowest BCUT2D eigenvalue weighted by atomic mass is 9.81. The topological polar surface area (TPSA) is 125 Å². The Morgan fingerprint density at radius 2 is 2.03 bits per heavy atom. The molecule has 5 atom stereocenters. The molecule has 170 valence electrons. The highest BCUT2D eigenvalue weighted by atomic mass is 16.6. The van der Waals surface area contributed by atoms with E-state index < -0.39 is 46.0 Å². The highest BCUT2D eigenvalue weighted by Crippen LogP contribution is 2.38. The van der Waals surface area contributed by atoms with Gasteiger partial charge in [-0.25, -0.2) is 9.59 Å². The van der Waals surface area contributed by atoms with E-state index >= 15 is 0 Å². The number of allylic oxidation sites excluding steroid dienone is 1. The lowest BCUT2D eigenvalue weighted by Gasteiger charge is -2.41. The summed E-state index contributed by atoms with van der Waals surface area (Å²) in [6.07, 6.45) is 2.08. The number of rotatable bonds is 8. The number of methoxy groups -OCH3 is 1. The molecular weight excluding hydrogens is 394 g/mol. The fourth-order valence-electron chi connectivity index (χ4n) is 4.04. The number of fused-ring (bicyclic) bond motifs is 1. The molecule has 0 aromatic rings. The van der Waals surface area contributed by atoms with Gasteiger partial charge in [0.15, 0.2) is 12.1 Å². The van der Waals surface area contributed by atoms with Crippen LogP contribution in [0.15, 0.2) is 23.3 Å². The first-order valence-electron chi connectivity index (χ1n) is 10.1. The number of ether oxygens (including phenoxy) is 3. The van der Waals surface area contributed by atoms with Crippen molar-refractivity contribution in [1.82, 2.24) is 0 Å². The van der Waals surface area contributed by atoms with Crippen LogP contribution in [0.1, 0.15) is 41.0 Å². The maximum atomic E-state index is 13.1. The smallest absolute Gasteiger partial charge is 0.344 e. The number of hydroxylamine groups is 3. The first-order valence-corrected chi connectivity index (χ1v) is 10.1. The van der Waals surface area contributed by atoms with Crippen molar-refractivity contribution in [2.24, 2.45) is 0 Å². The Morgan fingerprint density at radius 3 is 2.57 bits per heavy atom. The van der Waals surface area contributed by atoms with Crippen molar-refractivity contribution in [3.8, 4) is 0 Å². The number of hydrogen-bond acceptors (Lipinski definition) is 8. The van der Waals surface area contributed by atoms with E-state index in [4.69, 9.17) is 14.2 Å². The summed E-state index contributed by atoms with van der Waals surface area (Å²) < 4.78 is 15.4. The van der Waals surface area contributed by atoms with E-state index in [2.05, 4.69) is 0 Å². The first-order chi connectivity index (χ1) is 13.8. The van der Waals surface area contributed by atoms with Crippen LogP contribution in [0, 0.1) is 5.21 Å². The molecule has 0 aromatic heterocycles. The van der Waals surface area contributed by atoms with E-state index in [1.54, 1.807) is 26.0 Å². The summed E-state index contributed by atoms with van der Waals surface area (Å²) in [6, 6.07) is -0.665. The van der Waals surface area contributed by atoms with Gasteiger partial charge in [0, 0.05) is 24.7 Å². The van der Waals surface area contributed by atoms with E-state index in [0.717, 1.165) is 0 Å². The standard InChI is InChI=1S/C21H33NO8/c1-7-13(2)18(23)30-16-9-11-22(27)10-8-15(17(16)22)12-29-19(24)21(26,14(3)28-6)20(4,5)25/h7-8,14,16-17,25-26H,9-12H2,1-6H3/b13-7-/t14-,16-,17+,21-,22?/m0/s1. The average Bonchev–Trinajstić information content (AvgIpc) is 3.18. The second-order valence-corrected chi connectivity index (χ2v) is 8.57. The minimum absolute atomic E-state index is 0.193. The Bertz CT molecular complexity index is 740. The van der Waals surface area contributed by atoms with Crippen LogP contribution >= 0.6 is 0 Å². The number of quaternary nitrogens is 1. The van der Waals surface area contributed by atoms with E-state index in [1.807, 2.05) is 0 Å². The van der Waals surface area contributed by atoms with Crippen molar-refractivity contribution in [3.05, 3.63) is 28.5 Å². The maximum Gasteiger partial charge on any atom is 0.344 e. The van der Waals surface area contributed by atoms with Crippen LogP contribution in [0.4, 0.5) is 0 Å². The van der Waals surface area contributed by atoms with E-state index in [-0.39, 0.29) is 13.2 Å². The third-order valence-electron chi connectivity index (χ3n) is 6.26. The molecule has 0 saturated carbocycles. The number of aliphatic hydroxyl groups is 2. The van der Waals surface area contributed by atoms with Crippen LogP contribution in [0.5, 0.6) is 0 Å². The lowest BCUT2D eigenvalue weighted by molar-refractivity contribution is -0.877. The van der Waals surface area contributed by atoms with Gasteiger partial charge in [0.05, 0.1) is 19.2 Å². The normalized spacial score (nSPS) is 29.6. The Labute approximate surface area is 177 Å². The van der Waals surface area contributed by atoms with Crippen LogP contribution in [-0.4, -0.2) is 83.1 Å². The molecule has 30 heavy (non-hydrogen) atoms. The van der Waals surface area contributed by atoms with Crippen LogP contribution in [0.3, 0.4) is 0 Å². The van der Waals surface area contributed by atoms with E-state index in [9.17, 15) is 25.0 Å². The molecule has 2 rings (SSSR count). The molecular formula is C21H33NO8. The van der Waals surface area contributed by atoms with Crippen LogP contribution < -0.4 is 0 Å². The average molecular weight is 427 g/mol. The van der Waals surface area contributed by atoms with Crippen molar-refractivity contribution < 1.29 is 38.7 Å². The molecule has 0 radical (unpaired) electrons. The van der Waals surface area contributed by atoms with Crippen molar-refractivity contribution in [3.63, 3.8) is 0 Å². The van der Waals surface area contributed by atoms with Gasteiger partial charge in [-0.15, -0.1) is 0 Å². The third kappa shape index (κ3) is 4.31. The summed E-state index contributed by atoms with van der Waals surface area (Å²) >= 11 is 0.